The lowest BCUT2D eigenvalue weighted by molar-refractivity contribution is -0.138. The summed E-state index contributed by atoms with van der Waals surface area (Å²) in [6, 6.07) is 3.50. The molecule has 1 heterocycles. The number of aliphatic carboxylic acids is 1. The molecule has 0 aliphatic heterocycles. The maximum absolute atomic E-state index is 11.4. The molecule has 1 rings (SSSR count). The van der Waals surface area contributed by atoms with Crippen molar-refractivity contribution in [1.29, 1.82) is 0 Å². The topological polar surface area (TPSA) is 91.3 Å². The monoisotopic (exact) mass is 265 g/mol. The Morgan fingerprint density at radius 3 is 2.58 bits per heavy atom. The number of hydrogen-bond donors (Lipinski definition) is 3. The van der Waals surface area contributed by atoms with E-state index in [0.29, 0.717) is 11.7 Å². The Balaban J connectivity index is 2.43. The van der Waals surface area contributed by atoms with Crippen molar-refractivity contribution >= 4 is 23.4 Å². The molecule has 0 aromatic carbocycles. The number of carboxylic acid groups (broad SMARTS) is 1. The van der Waals surface area contributed by atoms with Gasteiger partial charge in [0.25, 0.3) is 0 Å². The second-order valence-corrected chi connectivity index (χ2v) is 4.65. The van der Waals surface area contributed by atoms with Gasteiger partial charge >= 0.3 is 5.97 Å². The number of carboxylic acids is 1. The third kappa shape index (κ3) is 6.40. The molecule has 6 nitrogen and oxygen atoms in total. The van der Waals surface area contributed by atoms with E-state index in [1.165, 1.54) is 0 Å². The molecule has 3 N–H and O–H groups in total. The zero-order chi connectivity index (χ0) is 14.3. The summed E-state index contributed by atoms with van der Waals surface area (Å²) in [6.07, 6.45) is 1.40. The average Bonchev–Trinajstić information content (AvgIpc) is 2.35. The summed E-state index contributed by atoms with van der Waals surface area (Å²) in [5.74, 6) is -0.380. The maximum atomic E-state index is 11.4. The molecule has 0 saturated carbocycles. The molecule has 0 radical (unpaired) electrons. The minimum absolute atomic E-state index is 0.0512. The van der Waals surface area contributed by atoms with E-state index in [-0.39, 0.29) is 18.7 Å². The normalized spacial score (nSPS) is 10.3. The molecule has 1 aromatic rings. The van der Waals surface area contributed by atoms with Crippen molar-refractivity contribution in [3.8, 4) is 0 Å². The van der Waals surface area contributed by atoms with Crippen molar-refractivity contribution in [3.63, 3.8) is 0 Å². The Morgan fingerprint density at radius 1 is 1.32 bits per heavy atom. The molecule has 19 heavy (non-hydrogen) atoms. The predicted octanol–water partition coefficient (Wildman–Crippen LogP) is 1.95. The zero-order valence-electron chi connectivity index (χ0n) is 11.1. The first-order valence-electron chi connectivity index (χ1n) is 6.19. The second-order valence-electron chi connectivity index (χ2n) is 4.65. The van der Waals surface area contributed by atoms with Crippen molar-refractivity contribution in [2.75, 3.05) is 17.2 Å². The van der Waals surface area contributed by atoms with Gasteiger partial charge in [0.05, 0.1) is 18.3 Å². The molecule has 0 spiro atoms. The number of pyridine rings is 1. The van der Waals surface area contributed by atoms with Crippen molar-refractivity contribution in [2.45, 2.75) is 26.7 Å². The van der Waals surface area contributed by atoms with Gasteiger partial charge in [-0.1, -0.05) is 13.8 Å². The highest BCUT2D eigenvalue weighted by atomic mass is 16.4. The van der Waals surface area contributed by atoms with Crippen LogP contribution in [0.3, 0.4) is 0 Å². The van der Waals surface area contributed by atoms with Crippen LogP contribution in [0.2, 0.25) is 0 Å². The van der Waals surface area contributed by atoms with Crippen molar-refractivity contribution < 1.29 is 14.7 Å². The van der Waals surface area contributed by atoms with Crippen LogP contribution in [-0.2, 0) is 9.59 Å². The second kappa shape index (κ2) is 7.35. The lowest BCUT2D eigenvalue weighted by atomic mass is 10.2. The number of anilines is 2. The Bertz CT molecular complexity index is 429. The quantitative estimate of drug-likeness (QED) is 0.701. The van der Waals surface area contributed by atoms with E-state index in [2.05, 4.69) is 29.5 Å². The lowest BCUT2D eigenvalue weighted by Gasteiger charge is -2.09. The number of amides is 1. The molecule has 6 heteroatoms. The van der Waals surface area contributed by atoms with Gasteiger partial charge in [-0.3, -0.25) is 9.59 Å². The van der Waals surface area contributed by atoms with Gasteiger partial charge in [0.2, 0.25) is 5.91 Å². The van der Waals surface area contributed by atoms with Crippen LogP contribution in [0.25, 0.3) is 0 Å². The van der Waals surface area contributed by atoms with Gasteiger partial charge < -0.3 is 15.7 Å². The maximum Gasteiger partial charge on any atom is 0.303 e. The number of nitrogens with one attached hydrogen (secondary N) is 2. The Labute approximate surface area is 112 Å². The van der Waals surface area contributed by atoms with Crippen LogP contribution in [0.1, 0.15) is 26.7 Å². The van der Waals surface area contributed by atoms with E-state index in [1.54, 1.807) is 12.3 Å². The van der Waals surface area contributed by atoms with E-state index in [4.69, 9.17) is 5.11 Å². The molecule has 0 saturated heterocycles. The summed E-state index contributed by atoms with van der Waals surface area (Å²) in [4.78, 5) is 25.8. The number of aromatic nitrogens is 1. The van der Waals surface area contributed by atoms with Crippen LogP contribution in [0.4, 0.5) is 11.5 Å². The highest BCUT2D eigenvalue weighted by Crippen LogP contribution is 2.10. The average molecular weight is 265 g/mol. The smallest absolute Gasteiger partial charge is 0.303 e. The number of carbonyl (C=O) groups excluding carboxylic acids is 1. The number of carbonyl (C=O) groups is 2. The summed E-state index contributed by atoms with van der Waals surface area (Å²) < 4.78 is 0. The first kappa shape index (κ1) is 14.9. The fraction of sp³-hybridized carbons (Fsp3) is 0.462. The van der Waals surface area contributed by atoms with E-state index in [9.17, 15) is 9.59 Å². The summed E-state index contributed by atoms with van der Waals surface area (Å²) in [5, 5.41) is 14.2. The van der Waals surface area contributed by atoms with Gasteiger partial charge in [-0.15, -0.1) is 0 Å². The molecule has 0 unspecified atom stereocenters. The van der Waals surface area contributed by atoms with Crippen LogP contribution in [0.15, 0.2) is 18.3 Å². The molecule has 0 aliphatic carbocycles. The van der Waals surface area contributed by atoms with E-state index in [1.807, 2.05) is 6.07 Å². The fourth-order valence-corrected chi connectivity index (χ4v) is 1.32. The SMILES string of the molecule is CC(C)CNc1ccc(NC(=O)CCC(=O)O)nc1. The summed E-state index contributed by atoms with van der Waals surface area (Å²) in [6.45, 7) is 5.07. The molecule has 0 fully saturated rings. The predicted molar refractivity (Wildman–Crippen MR) is 73.1 cm³/mol. The minimum atomic E-state index is -0.989. The van der Waals surface area contributed by atoms with Gasteiger partial charge in [-0.2, -0.15) is 0 Å². The van der Waals surface area contributed by atoms with Crippen LogP contribution in [0, 0.1) is 5.92 Å². The van der Waals surface area contributed by atoms with Crippen molar-refractivity contribution in [3.05, 3.63) is 18.3 Å². The number of rotatable bonds is 7. The highest BCUT2D eigenvalue weighted by Gasteiger charge is 2.06. The van der Waals surface area contributed by atoms with E-state index < -0.39 is 5.97 Å². The molecular weight excluding hydrogens is 246 g/mol. The molecule has 1 aromatic heterocycles. The standard InChI is InChI=1S/C13H19N3O3/c1-9(2)7-14-10-3-4-11(15-8-10)16-12(17)5-6-13(18)19/h3-4,8-9,14H,5-7H2,1-2H3,(H,18,19)(H,15,16,17). The van der Waals surface area contributed by atoms with Crippen molar-refractivity contribution in [2.24, 2.45) is 5.92 Å². The first-order valence-corrected chi connectivity index (χ1v) is 6.19. The Kier molecular flexibility index (Phi) is 5.78. The molecule has 1 amide bonds. The van der Waals surface area contributed by atoms with Gasteiger partial charge in [-0.05, 0) is 18.1 Å². The third-order valence-corrected chi connectivity index (χ3v) is 2.31. The van der Waals surface area contributed by atoms with Crippen LogP contribution in [-0.4, -0.2) is 28.5 Å². The van der Waals surface area contributed by atoms with Gasteiger partial charge in [0, 0.05) is 13.0 Å². The van der Waals surface area contributed by atoms with Crippen LogP contribution < -0.4 is 10.6 Å². The summed E-state index contributed by atoms with van der Waals surface area (Å²) in [5.41, 5.74) is 0.886. The zero-order valence-corrected chi connectivity index (χ0v) is 11.1. The van der Waals surface area contributed by atoms with Crippen molar-refractivity contribution in [1.82, 2.24) is 4.98 Å². The van der Waals surface area contributed by atoms with E-state index in [0.717, 1.165) is 12.2 Å². The number of hydrogen-bond acceptors (Lipinski definition) is 4. The molecule has 0 aliphatic rings. The van der Waals surface area contributed by atoms with E-state index >= 15 is 0 Å². The Hall–Kier alpha value is -2.11. The molecule has 104 valence electrons. The number of nitrogens with zero attached hydrogens (tertiary/aromatic N) is 1. The summed E-state index contributed by atoms with van der Waals surface area (Å²) in [7, 11) is 0. The largest absolute Gasteiger partial charge is 0.481 e. The minimum Gasteiger partial charge on any atom is -0.481 e. The highest BCUT2D eigenvalue weighted by molar-refractivity contribution is 5.91. The van der Waals surface area contributed by atoms with Gasteiger partial charge in [0.15, 0.2) is 0 Å². The fourth-order valence-electron chi connectivity index (χ4n) is 1.32. The third-order valence-electron chi connectivity index (χ3n) is 2.31. The molecular formula is C13H19N3O3. The van der Waals surface area contributed by atoms with Crippen LogP contribution in [0.5, 0.6) is 0 Å². The lowest BCUT2D eigenvalue weighted by Crippen LogP contribution is -2.14. The first-order chi connectivity index (χ1) is 8.97. The Morgan fingerprint density at radius 2 is 2.05 bits per heavy atom. The van der Waals surface area contributed by atoms with Crippen LogP contribution >= 0.6 is 0 Å². The van der Waals surface area contributed by atoms with Gasteiger partial charge in [0.1, 0.15) is 5.82 Å². The molecule has 0 atom stereocenters. The van der Waals surface area contributed by atoms with Gasteiger partial charge in [-0.25, -0.2) is 4.98 Å². The molecule has 0 bridgehead atoms. The summed E-state index contributed by atoms with van der Waals surface area (Å²) >= 11 is 0.